The summed E-state index contributed by atoms with van der Waals surface area (Å²) in [6.45, 7) is 0.832. The fourth-order valence-electron chi connectivity index (χ4n) is 4.15. The van der Waals surface area contributed by atoms with Gasteiger partial charge in [-0.25, -0.2) is 13.4 Å². The van der Waals surface area contributed by atoms with E-state index in [9.17, 15) is 26.4 Å². The Morgan fingerprint density at radius 3 is 2.19 bits per heavy atom. The molecule has 31 heavy (non-hydrogen) atoms. The lowest BCUT2D eigenvalue weighted by molar-refractivity contribution is -0.274. The molecule has 2 saturated heterocycles. The molecule has 0 radical (unpaired) electrons. The van der Waals surface area contributed by atoms with Crippen molar-refractivity contribution in [2.24, 2.45) is 5.41 Å². The fourth-order valence-corrected chi connectivity index (χ4v) is 5.52. The Balaban J connectivity index is 1.44. The predicted molar refractivity (Wildman–Crippen MR) is 105 cm³/mol. The molecule has 4 rings (SSSR count). The van der Waals surface area contributed by atoms with Crippen LogP contribution < -0.4 is 9.64 Å². The summed E-state index contributed by atoms with van der Waals surface area (Å²) >= 11 is 0. The largest absolute Gasteiger partial charge is 0.573 e. The number of rotatable bonds is 4. The quantitative estimate of drug-likeness (QED) is 0.708. The summed E-state index contributed by atoms with van der Waals surface area (Å²) in [5.41, 5.74) is -0.183. The van der Waals surface area contributed by atoms with Gasteiger partial charge in [-0.2, -0.15) is 4.31 Å². The summed E-state index contributed by atoms with van der Waals surface area (Å²) in [4.78, 5) is 18.6. The van der Waals surface area contributed by atoms with Gasteiger partial charge in [0.25, 0.3) is 10.0 Å². The van der Waals surface area contributed by atoms with Crippen molar-refractivity contribution >= 4 is 21.6 Å². The Labute approximate surface area is 177 Å². The van der Waals surface area contributed by atoms with E-state index in [4.69, 9.17) is 0 Å². The van der Waals surface area contributed by atoms with Crippen LogP contribution in [0.1, 0.15) is 19.3 Å². The molecule has 7 nitrogen and oxygen atoms in total. The first-order valence-electron chi connectivity index (χ1n) is 9.70. The molecule has 1 amide bonds. The molecule has 0 N–H and O–H groups in total. The zero-order valence-electron chi connectivity index (χ0n) is 16.4. The molecule has 1 aromatic carbocycles. The van der Waals surface area contributed by atoms with Gasteiger partial charge >= 0.3 is 6.36 Å². The minimum atomic E-state index is -4.78. The number of alkyl halides is 3. The average Bonchev–Trinajstić information content (AvgIpc) is 3.04. The van der Waals surface area contributed by atoms with E-state index in [-0.39, 0.29) is 29.8 Å². The highest BCUT2D eigenvalue weighted by atomic mass is 32.2. The van der Waals surface area contributed by atoms with E-state index in [0.29, 0.717) is 31.5 Å². The summed E-state index contributed by atoms with van der Waals surface area (Å²) < 4.78 is 67.7. The van der Waals surface area contributed by atoms with Crippen molar-refractivity contribution in [3.8, 4) is 5.75 Å². The Bertz CT molecular complexity index is 1050. The molecule has 1 spiro atoms. The second-order valence-corrected chi connectivity index (χ2v) is 9.49. The zero-order valence-corrected chi connectivity index (χ0v) is 17.2. The number of sulfonamides is 1. The highest BCUT2D eigenvalue weighted by Gasteiger charge is 2.50. The SMILES string of the molecule is O=C1N(c2ccc(OC(F)(F)F)cc2)CCC12CCN(S(=O)(=O)c1ccccn1)CC2. The topological polar surface area (TPSA) is 79.8 Å². The van der Waals surface area contributed by atoms with Crippen molar-refractivity contribution in [3.05, 3.63) is 48.7 Å². The third kappa shape index (κ3) is 4.24. The molecule has 166 valence electrons. The van der Waals surface area contributed by atoms with Crippen molar-refractivity contribution in [3.63, 3.8) is 0 Å². The second-order valence-electron chi connectivity index (χ2n) is 7.60. The molecule has 0 aliphatic carbocycles. The van der Waals surface area contributed by atoms with Crippen molar-refractivity contribution in [1.29, 1.82) is 0 Å². The van der Waals surface area contributed by atoms with Gasteiger partial charge in [0.05, 0.1) is 5.41 Å². The molecule has 0 saturated carbocycles. The fraction of sp³-hybridized carbons (Fsp3) is 0.400. The molecule has 2 aliphatic heterocycles. The molecule has 3 heterocycles. The van der Waals surface area contributed by atoms with E-state index >= 15 is 0 Å². The number of anilines is 1. The maximum atomic E-state index is 13.2. The Morgan fingerprint density at radius 2 is 1.61 bits per heavy atom. The van der Waals surface area contributed by atoms with Crippen LogP contribution in [0.5, 0.6) is 5.75 Å². The number of pyridine rings is 1. The van der Waals surface area contributed by atoms with E-state index < -0.39 is 21.8 Å². The zero-order chi connectivity index (χ0) is 22.3. The van der Waals surface area contributed by atoms with Crippen LogP contribution in [0.4, 0.5) is 18.9 Å². The van der Waals surface area contributed by atoms with Crippen molar-refractivity contribution in [1.82, 2.24) is 9.29 Å². The number of halogens is 3. The van der Waals surface area contributed by atoms with Gasteiger partial charge < -0.3 is 9.64 Å². The first-order valence-corrected chi connectivity index (χ1v) is 11.1. The van der Waals surface area contributed by atoms with Gasteiger partial charge in [-0.3, -0.25) is 4.79 Å². The highest BCUT2D eigenvalue weighted by Crippen LogP contribution is 2.44. The molecule has 2 fully saturated rings. The number of hydrogen-bond donors (Lipinski definition) is 0. The number of benzene rings is 1. The molecule has 11 heteroatoms. The van der Waals surface area contributed by atoms with E-state index in [1.165, 1.54) is 40.8 Å². The molecule has 1 aromatic heterocycles. The predicted octanol–water partition coefficient (Wildman–Crippen LogP) is 3.19. The number of carbonyl (C=O) groups is 1. The molecular weight excluding hydrogens is 435 g/mol. The Morgan fingerprint density at radius 1 is 0.968 bits per heavy atom. The minimum absolute atomic E-state index is 0.0218. The van der Waals surface area contributed by atoms with Crippen LogP contribution >= 0.6 is 0 Å². The van der Waals surface area contributed by atoms with Gasteiger partial charge in [-0.15, -0.1) is 13.2 Å². The van der Waals surface area contributed by atoms with Crippen LogP contribution in [-0.2, 0) is 14.8 Å². The Hall–Kier alpha value is -2.66. The number of piperidine rings is 1. The van der Waals surface area contributed by atoms with Gasteiger partial charge in [-0.05, 0) is 55.7 Å². The van der Waals surface area contributed by atoms with E-state index in [2.05, 4.69) is 9.72 Å². The molecular formula is C20H20F3N3O4S. The number of carbonyl (C=O) groups excluding carboxylic acids is 1. The standard InChI is InChI=1S/C20H20F3N3O4S/c21-20(22,23)30-16-6-4-15(5-7-16)26-14-10-19(18(26)27)8-12-25(13-9-19)31(28,29)17-3-1-2-11-24-17/h1-7,11H,8-10,12-14H2. The third-order valence-electron chi connectivity index (χ3n) is 5.82. The summed E-state index contributed by atoms with van der Waals surface area (Å²) in [5, 5.41) is -0.0218. The maximum Gasteiger partial charge on any atom is 0.573 e. The van der Waals surface area contributed by atoms with E-state index in [1.54, 1.807) is 17.0 Å². The lowest BCUT2D eigenvalue weighted by Crippen LogP contribution is -2.46. The summed E-state index contributed by atoms with van der Waals surface area (Å²) in [6.07, 6.45) is -2.04. The summed E-state index contributed by atoms with van der Waals surface area (Å²) in [5.74, 6) is -0.488. The lowest BCUT2D eigenvalue weighted by Gasteiger charge is -2.37. The van der Waals surface area contributed by atoms with Crippen molar-refractivity contribution in [2.75, 3.05) is 24.5 Å². The number of ether oxygens (including phenoxy) is 1. The van der Waals surface area contributed by atoms with E-state index in [0.717, 1.165) is 0 Å². The normalized spacial score (nSPS) is 19.7. The van der Waals surface area contributed by atoms with Gasteiger partial charge in [0, 0.05) is 31.5 Å². The minimum Gasteiger partial charge on any atom is -0.406 e. The van der Waals surface area contributed by atoms with Crippen molar-refractivity contribution < 1.29 is 31.1 Å². The molecule has 2 aromatic rings. The first kappa shape index (κ1) is 21.6. The van der Waals surface area contributed by atoms with Gasteiger partial charge in [0.2, 0.25) is 5.91 Å². The highest BCUT2D eigenvalue weighted by molar-refractivity contribution is 7.89. The lowest BCUT2D eigenvalue weighted by atomic mass is 9.77. The average molecular weight is 455 g/mol. The summed E-state index contributed by atoms with van der Waals surface area (Å²) in [7, 11) is -3.72. The molecule has 2 aliphatic rings. The number of hydrogen-bond acceptors (Lipinski definition) is 5. The van der Waals surface area contributed by atoms with Crippen LogP contribution in [0.3, 0.4) is 0 Å². The molecule has 0 unspecified atom stereocenters. The van der Waals surface area contributed by atoms with Crippen LogP contribution in [0.25, 0.3) is 0 Å². The van der Waals surface area contributed by atoms with Crippen LogP contribution in [0.15, 0.2) is 53.7 Å². The monoisotopic (exact) mass is 455 g/mol. The van der Waals surface area contributed by atoms with Gasteiger partial charge in [0.1, 0.15) is 5.75 Å². The Kier molecular flexibility index (Phi) is 5.42. The van der Waals surface area contributed by atoms with Crippen LogP contribution in [0.2, 0.25) is 0 Å². The first-order chi connectivity index (χ1) is 14.6. The smallest absolute Gasteiger partial charge is 0.406 e. The van der Waals surface area contributed by atoms with Gasteiger partial charge in [-0.1, -0.05) is 6.07 Å². The summed E-state index contributed by atoms with van der Waals surface area (Å²) in [6, 6.07) is 9.85. The number of amides is 1. The van der Waals surface area contributed by atoms with Gasteiger partial charge in [0.15, 0.2) is 5.03 Å². The van der Waals surface area contributed by atoms with E-state index in [1.807, 2.05) is 0 Å². The number of nitrogens with zero attached hydrogens (tertiary/aromatic N) is 3. The molecule has 0 atom stereocenters. The maximum absolute atomic E-state index is 13.2. The second kappa shape index (κ2) is 7.79. The molecule has 0 bridgehead atoms. The van der Waals surface area contributed by atoms with Crippen LogP contribution in [0, 0.1) is 5.41 Å². The van der Waals surface area contributed by atoms with Crippen molar-refractivity contribution in [2.45, 2.75) is 30.7 Å². The number of aromatic nitrogens is 1. The third-order valence-corrected chi connectivity index (χ3v) is 7.63. The van der Waals surface area contributed by atoms with Crippen LogP contribution in [-0.4, -0.2) is 49.6 Å².